The van der Waals surface area contributed by atoms with Crippen LogP contribution in [0.5, 0.6) is 0 Å². The van der Waals surface area contributed by atoms with Gasteiger partial charge in [0.05, 0.1) is 10.6 Å². The maximum atomic E-state index is 14.5. The van der Waals surface area contributed by atoms with Crippen molar-refractivity contribution < 1.29 is 18.0 Å². The quantitative estimate of drug-likeness (QED) is 0.196. The van der Waals surface area contributed by atoms with Crippen molar-refractivity contribution >= 4 is 43.5 Å². The predicted molar refractivity (Wildman–Crippen MR) is 179 cm³/mol. The van der Waals surface area contributed by atoms with Gasteiger partial charge in [0.25, 0.3) is 10.0 Å². The molecule has 44 heavy (non-hydrogen) atoms. The second kappa shape index (κ2) is 14.2. The number of carbonyl (C=O) groups excluding carboxylic acids is 2. The molecule has 7 nitrogen and oxygen atoms in total. The van der Waals surface area contributed by atoms with Gasteiger partial charge in [-0.15, -0.1) is 0 Å². The molecule has 1 N–H and O–H groups in total. The van der Waals surface area contributed by atoms with Crippen LogP contribution < -0.4 is 9.62 Å². The first-order valence-electron chi connectivity index (χ1n) is 14.4. The van der Waals surface area contributed by atoms with Crippen molar-refractivity contribution in [3.63, 3.8) is 0 Å². The molecule has 0 aliphatic heterocycles. The molecule has 0 bridgehead atoms. The SMILES string of the molecule is Cc1cccc(N(CC(=O)N(Cc2ccc(Br)cc2)[C@H](Cc2ccccc2)C(=O)NC(C)(C)C)S(=O)(=O)c2ccccc2)c1. The van der Waals surface area contributed by atoms with Gasteiger partial charge in [-0.2, -0.15) is 0 Å². The van der Waals surface area contributed by atoms with Crippen LogP contribution in [0.3, 0.4) is 0 Å². The van der Waals surface area contributed by atoms with Gasteiger partial charge in [-0.05, 0) is 80.8 Å². The molecular formula is C35H38BrN3O4S. The number of carbonyl (C=O) groups is 2. The van der Waals surface area contributed by atoms with Crippen molar-refractivity contribution in [2.24, 2.45) is 0 Å². The predicted octanol–water partition coefficient (Wildman–Crippen LogP) is 6.51. The molecular weight excluding hydrogens is 638 g/mol. The van der Waals surface area contributed by atoms with E-state index in [9.17, 15) is 18.0 Å². The summed E-state index contributed by atoms with van der Waals surface area (Å²) in [4.78, 5) is 30.0. The van der Waals surface area contributed by atoms with Gasteiger partial charge in [0.2, 0.25) is 11.8 Å². The molecule has 0 spiro atoms. The average Bonchev–Trinajstić information content (AvgIpc) is 2.98. The number of halogens is 1. The summed E-state index contributed by atoms with van der Waals surface area (Å²) in [5.41, 5.74) is 2.34. The highest BCUT2D eigenvalue weighted by molar-refractivity contribution is 9.10. The summed E-state index contributed by atoms with van der Waals surface area (Å²) in [6.07, 6.45) is 0.251. The summed E-state index contributed by atoms with van der Waals surface area (Å²) in [6.45, 7) is 7.14. The smallest absolute Gasteiger partial charge is 0.264 e. The lowest BCUT2D eigenvalue weighted by Gasteiger charge is -2.35. The van der Waals surface area contributed by atoms with Gasteiger partial charge in [0.1, 0.15) is 12.6 Å². The summed E-state index contributed by atoms with van der Waals surface area (Å²) < 4.78 is 30.1. The minimum absolute atomic E-state index is 0.0695. The summed E-state index contributed by atoms with van der Waals surface area (Å²) in [5, 5.41) is 3.05. The largest absolute Gasteiger partial charge is 0.350 e. The van der Waals surface area contributed by atoms with Gasteiger partial charge in [0.15, 0.2) is 0 Å². The fourth-order valence-electron chi connectivity index (χ4n) is 4.82. The number of benzene rings is 4. The van der Waals surface area contributed by atoms with Gasteiger partial charge >= 0.3 is 0 Å². The van der Waals surface area contributed by atoms with E-state index in [0.717, 1.165) is 25.5 Å². The zero-order chi connectivity index (χ0) is 31.9. The van der Waals surface area contributed by atoms with E-state index in [1.54, 1.807) is 36.4 Å². The van der Waals surface area contributed by atoms with Gasteiger partial charge in [0, 0.05) is 23.0 Å². The number of sulfonamides is 1. The lowest BCUT2D eigenvalue weighted by Crippen LogP contribution is -2.56. The van der Waals surface area contributed by atoms with Crippen molar-refractivity contribution in [2.45, 2.75) is 57.1 Å². The Balaban J connectivity index is 1.81. The second-order valence-corrected chi connectivity index (χ2v) is 14.5. The summed E-state index contributed by atoms with van der Waals surface area (Å²) in [7, 11) is -4.13. The molecule has 4 rings (SSSR count). The van der Waals surface area contributed by atoms with E-state index in [0.29, 0.717) is 5.69 Å². The highest BCUT2D eigenvalue weighted by Crippen LogP contribution is 2.26. The van der Waals surface area contributed by atoms with E-state index in [2.05, 4.69) is 21.2 Å². The summed E-state index contributed by atoms with van der Waals surface area (Å²) in [6, 6.07) is 31.2. The minimum atomic E-state index is -4.13. The van der Waals surface area contributed by atoms with Gasteiger partial charge in [-0.25, -0.2) is 8.42 Å². The Hall–Kier alpha value is -3.95. The molecule has 0 heterocycles. The van der Waals surface area contributed by atoms with Crippen LogP contribution >= 0.6 is 15.9 Å². The Labute approximate surface area is 269 Å². The third kappa shape index (κ3) is 8.80. The van der Waals surface area contributed by atoms with E-state index < -0.39 is 34.1 Å². The van der Waals surface area contributed by atoms with Gasteiger partial charge in [-0.1, -0.05) is 88.7 Å². The molecule has 0 radical (unpaired) electrons. The molecule has 0 aromatic heterocycles. The molecule has 0 saturated heterocycles. The van der Waals surface area contributed by atoms with E-state index >= 15 is 0 Å². The fraction of sp³-hybridized carbons (Fsp3) is 0.257. The lowest BCUT2D eigenvalue weighted by molar-refractivity contribution is -0.140. The Kier molecular flexibility index (Phi) is 10.7. The molecule has 4 aromatic rings. The number of nitrogens with zero attached hydrogens (tertiary/aromatic N) is 2. The van der Waals surface area contributed by atoms with E-state index in [4.69, 9.17) is 0 Å². The van der Waals surface area contributed by atoms with Crippen LogP contribution in [-0.2, 0) is 32.6 Å². The van der Waals surface area contributed by atoms with Crippen molar-refractivity contribution in [1.82, 2.24) is 10.2 Å². The normalized spacial score (nSPS) is 12.3. The molecule has 1 atom stereocenters. The molecule has 0 unspecified atom stereocenters. The third-order valence-electron chi connectivity index (χ3n) is 6.94. The van der Waals surface area contributed by atoms with Crippen molar-refractivity contribution in [3.05, 3.63) is 130 Å². The number of amides is 2. The minimum Gasteiger partial charge on any atom is -0.350 e. The second-order valence-electron chi connectivity index (χ2n) is 11.8. The molecule has 0 aliphatic rings. The maximum absolute atomic E-state index is 14.5. The van der Waals surface area contributed by atoms with Crippen LogP contribution in [0.4, 0.5) is 5.69 Å². The van der Waals surface area contributed by atoms with Crippen LogP contribution in [0.25, 0.3) is 0 Å². The van der Waals surface area contributed by atoms with Gasteiger partial charge < -0.3 is 10.2 Å². The highest BCUT2D eigenvalue weighted by atomic mass is 79.9. The average molecular weight is 677 g/mol. The number of anilines is 1. The highest BCUT2D eigenvalue weighted by Gasteiger charge is 2.35. The summed E-state index contributed by atoms with van der Waals surface area (Å²) >= 11 is 3.46. The topological polar surface area (TPSA) is 86.8 Å². The summed E-state index contributed by atoms with van der Waals surface area (Å²) in [5.74, 6) is -0.821. The first-order chi connectivity index (χ1) is 20.8. The zero-order valence-electron chi connectivity index (χ0n) is 25.4. The first kappa shape index (κ1) is 33.0. The van der Waals surface area contributed by atoms with Crippen LogP contribution in [0.1, 0.15) is 37.5 Å². The molecule has 9 heteroatoms. The van der Waals surface area contributed by atoms with E-state index in [-0.39, 0.29) is 23.8 Å². The lowest BCUT2D eigenvalue weighted by atomic mass is 10.0. The number of hydrogen-bond donors (Lipinski definition) is 1. The number of hydrogen-bond acceptors (Lipinski definition) is 4. The third-order valence-corrected chi connectivity index (χ3v) is 9.25. The Morgan fingerprint density at radius 1 is 0.818 bits per heavy atom. The number of nitrogens with one attached hydrogen (secondary N) is 1. The van der Waals surface area contributed by atoms with E-state index in [1.165, 1.54) is 17.0 Å². The number of rotatable bonds is 11. The number of aryl methyl sites for hydroxylation is 1. The molecule has 0 fully saturated rings. The fourth-order valence-corrected chi connectivity index (χ4v) is 6.52. The molecule has 230 valence electrons. The maximum Gasteiger partial charge on any atom is 0.264 e. The molecule has 4 aromatic carbocycles. The Morgan fingerprint density at radius 2 is 1.43 bits per heavy atom. The van der Waals surface area contributed by atoms with E-state index in [1.807, 2.05) is 88.4 Å². The molecule has 0 saturated carbocycles. The standard InChI is InChI=1S/C35H38BrN3O4S/c1-26-12-11-15-30(22-26)39(44(42,43)31-16-9-6-10-17-31)25-33(40)38(24-28-18-20-29(36)21-19-28)32(34(41)37-35(2,3)4)23-27-13-7-5-8-14-27/h5-22,32H,23-25H2,1-4H3,(H,37,41)/t32-/m1/s1. The van der Waals surface area contributed by atoms with Crippen LogP contribution in [0.15, 0.2) is 119 Å². The van der Waals surface area contributed by atoms with Gasteiger partial charge in [-0.3, -0.25) is 13.9 Å². The van der Waals surface area contributed by atoms with Crippen molar-refractivity contribution in [1.29, 1.82) is 0 Å². The Bertz CT molecular complexity index is 1670. The van der Waals surface area contributed by atoms with Crippen LogP contribution in [-0.4, -0.2) is 43.3 Å². The van der Waals surface area contributed by atoms with Crippen molar-refractivity contribution in [2.75, 3.05) is 10.8 Å². The van der Waals surface area contributed by atoms with Crippen LogP contribution in [0.2, 0.25) is 0 Å². The molecule has 2 amide bonds. The first-order valence-corrected chi connectivity index (χ1v) is 16.6. The molecule has 0 aliphatic carbocycles. The monoisotopic (exact) mass is 675 g/mol. The zero-order valence-corrected chi connectivity index (χ0v) is 27.8. The van der Waals surface area contributed by atoms with Crippen LogP contribution in [0, 0.1) is 6.92 Å². The Morgan fingerprint density at radius 3 is 2.02 bits per heavy atom. The van der Waals surface area contributed by atoms with Crippen molar-refractivity contribution in [3.8, 4) is 0 Å².